The van der Waals surface area contributed by atoms with Crippen molar-refractivity contribution in [3.05, 3.63) is 81.8 Å². The smallest absolute Gasteiger partial charge is 0.266 e. The van der Waals surface area contributed by atoms with E-state index in [0.717, 1.165) is 0 Å². The van der Waals surface area contributed by atoms with E-state index < -0.39 is 89.4 Å². The summed E-state index contributed by atoms with van der Waals surface area (Å²) >= 11 is 0. The van der Waals surface area contributed by atoms with E-state index in [4.69, 9.17) is 10.2 Å². The molecule has 16 nitrogen and oxygen atoms in total. The molecular formula is C16H2O16-6. The first kappa shape index (κ1) is 24.8. The van der Waals surface area contributed by atoms with E-state index in [1.54, 1.807) is 0 Å². The van der Waals surface area contributed by atoms with E-state index in [1.807, 2.05) is 0 Å². The van der Waals surface area contributed by atoms with Gasteiger partial charge in [-0.05, 0) is 11.5 Å². The van der Waals surface area contributed by atoms with Crippen molar-refractivity contribution in [3.8, 4) is 46.0 Å². The van der Waals surface area contributed by atoms with E-state index in [9.17, 15) is 69.0 Å². The van der Waals surface area contributed by atoms with Crippen molar-refractivity contribution in [2.45, 2.75) is 0 Å². The molecule has 0 spiro atoms. The van der Waals surface area contributed by atoms with Crippen LogP contribution in [0.4, 0.5) is 0 Å². The van der Waals surface area contributed by atoms with Crippen molar-refractivity contribution < 1.29 is 40.9 Å². The Kier molecular flexibility index (Phi) is 6.66. The minimum Gasteiger partial charge on any atom is -0.870 e. The van der Waals surface area contributed by atoms with Gasteiger partial charge in [-0.25, -0.2) is 0 Å². The maximum Gasteiger partial charge on any atom is 0.266 e. The summed E-state index contributed by atoms with van der Waals surface area (Å²) in [5.74, 6) is -8.76. The molecule has 0 radical (unpaired) electrons. The SMILES string of the molecule is O=c1c([O-])c(O)c1=O.O=c1c([O-])c(O)c1=O.O=c1c([O-])c([O-])c1=O.O=c1c([O-])c([O-])c1=O. The number of hydrogen-bond donors (Lipinski definition) is 2. The lowest BCUT2D eigenvalue weighted by molar-refractivity contribution is -0.324. The topological polar surface area (TPSA) is 315 Å². The molecule has 0 aliphatic rings. The Morgan fingerprint density at radius 1 is 0.312 bits per heavy atom. The molecule has 168 valence electrons. The second kappa shape index (κ2) is 8.61. The molecule has 0 heterocycles. The summed E-state index contributed by atoms with van der Waals surface area (Å²) < 4.78 is 0. The second-order valence-corrected chi connectivity index (χ2v) is 5.30. The zero-order valence-corrected chi connectivity index (χ0v) is 14.6. The minimum atomic E-state index is -1.19. The zero-order chi connectivity index (χ0) is 25.2. The molecule has 16 heteroatoms. The Morgan fingerprint density at radius 3 is 0.531 bits per heavy atom. The molecule has 0 unspecified atom stereocenters. The predicted octanol–water partition coefficient (Wildman–Crippen LogP) is -9.02. The van der Waals surface area contributed by atoms with Crippen LogP contribution < -0.4 is 74.1 Å². The van der Waals surface area contributed by atoms with E-state index in [1.165, 1.54) is 0 Å². The highest BCUT2D eigenvalue weighted by Gasteiger charge is 2.10. The van der Waals surface area contributed by atoms with Crippen molar-refractivity contribution >= 4 is 0 Å². The minimum absolute atomic E-state index is 0.935. The van der Waals surface area contributed by atoms with Gasteiger partial charge < -0.3 is 40.9 Å². The fraction of sp³-hybridized carbons (Fsp3) is 0. The van der Waals surface area contributed by atoms with Gasteiger partial charge in [-0.15, -0.1) is 0 Å². The molecule has 32 heavy (non-hydrogen) atoms. The number of aromatic hydroxyl groups is 2. The van der Waals surface area contributed by atoms with Crippen molar-refractivity contribution in [1.29, 1.82) is 0 Å². The van der Waals surface area contributed by atoms with E-state index in [-0.39, 0.29) is 0 Å². The molecule has 0 atom stereocenters. The van der Waals surface area contributed by atoms with Gasteiger partial charge in [0.2, 0.25) is 32.6 Å². The lowest BCUT2D eigenvalue weighted by Gasteiger charge is -2.16. The van der Waals surface area contributed by atoms with Crippen molar-refractivity contribution in [2.75, 3.05) is 0 Å². The van der Waals surface area contributed by atoms with Gasteiger partial charge in [0.1, 0.15) is 0 Å². The fourth-order valence-electron chi connectivity index (χ4n) is 1.42. The highest BCUT2D eigenvalue weighted by molar-refractivity contribution is 5.42. The van der Waals surface area contributed by atoms with Gasteiger partial charge >= 0.3 is 0 Å². The average Bonchev–Trinajstić information content (AvgIpc) is 2.84. The van der Waals surface area contributed by atoms with Crippen LogP contribution in [0.25, 0.3) is 0 Å². The molecule has 4 aromatic rings. The highest BCUT2D eigenvalue weighted by Crippen LogP contribution is 2.10. The fourth-order valence-corrected chi connectivity index (χ4v) is 1.42. The Morgan fingerprint density at radius 2 is 0.469 bits per heavy atom. The molecule has 0 fully saturated rings. The molecule has 0 bridgehead atoms. The summed E-state index contributed by atoms with van der Waals surface area (Å²) in [6.45, 7) is 0. The van der Waals surface area contributed by atoms with Crippen LogP contribution in [0.5, 0.6) is 46.0 Å². The standard InChI is InChI=1S/4C4H2O4/c4*5-1-2(6)4(8)3(1)7/h4*5-6H/p-6. The van der Waals surface area contributed by atoms with Gasteiger partial charge in [0.05, 0.1) is 0 Å². The van der Waals surface area contributed by atoms with Crippen LogP contribution in [0.15, 0.2) is 38.4 Å². The summed E-state index contributed by atoms with van der Waals surface area (Å²) in [5.41, 5.74) is -9.13. The third kappa shape index (κ3) is 4.03. The molecule has 0 saturated heterocycles. The van der Waals surface area contributed by atoms with Gasteiger partial charge in [0.15, 0.2) is 11.5 Å². The van der Waals surface area contributed by atoms with Crippen LogP contribution in [0.1, 0.15) is 0 Å². The first-order chi connectivity index (χ1) is 14.6. The Labute approximate surface area is 169 Å². The Balaban J connectivity index is 0.000000213. The molecule has 0 aromatic heterocycles. The molecule has 0 amide bonds. The van der Waals surface area contributed by atoms with Crippen molar-refractivity contribution in [1.82, 2.24) is 0 Å². The quantitative estimate of drug-likeness (QED) is 0.235. The molecule has 0 aliphatic heterocycles. The van der Waals surface area contributed by atoms with Gasteiger partial charge in [0, 0.05) is 0 Å². The summed E-state index contributed by atoms with van der Waals surface area (Å²) in [7, 11) is 0. The van der Waals surface area contributed by atoms with Crippen LogP contribution in [-0.4, -0.2) is 10.2 Å². The maximum atomic E-state index is 9.91. The second-order valence-electron chi connectivity index (χ2n) is 5.30. The van der Waals surface area contributed by atoms with Crippen LogP contribution >= 0.6 is 0 Å². The van der Waals surface area contributed by atoms with Gasteiger partial charge in [-0.2, -0.15) is 0 Å². The largest absolute Gasteiger partial charge is 0.870 e. The molecule has 4 rings (SSSR count). The third-order valence-corrected chi connectivity index (χ3v) is 3.34. The summed E-state index contributed by atoms with van der Waals surface area (Å²) in [6, 6.07) is 0. The van der Waals surface area contributed by atoms with Crippen molar-refractivity contribution in [3.63, 3.8) is 0 Å². The van der Waals surface area contributed by atoms with Crippen LogP contribution in [0.2, 0.25) is 0 Å². The molecule has 0 aliphatic carbocycles. The summed E-state index contributed by atoms with van der Waals surface area (Å²) in [6.07, 6.45) is 0. The summed E-state index contributed by atoms with van der Waals surface area (Å²) in [5, 5.41) is 75.5. The number of hydrogen-bond acceptors (Lipinski definition) is 16. The Bertz CT molecular complexity index is 1240. The normalized spacial score (nSPS) is 10.0. The lowest BCUT2D eigenvalue weighted by atomic mass is 10.2. The molecular weight excluding hydrogens is 448 g/mol. The van der Waals surface area contributed by atoms with Crippen molar-refractivity contribution in [2.24, 2.45) is 0 Å². The Hall–Kier alpha value is -5.28. The highest BCUT2D eigenvalue weighted by atomic mass is 16.3. The van der Waals surface area contributed by atoms with Crippen LogP contribution in [0, 0.1) is 0 Å². The van der Waals surface area contributed by atoms with Gasteiger partial charge in [-0.3, -0.25) is 38.4 Å². The van der Waals surface area contributed by atoms with Crippen LogP contribution in [-0.2, 0) is 0 Å². The molecule has 4 aromatic carbocycles. The predicted molar refractivity (Wildman–Crippen MR) is 85.4 cm³/mol. The van der Waals surface area contributed by atoms with Gasteiger partial charge in [-0.1, -0.05) is 23.0 Å². The zero-order valence-electron chi connectivity index (χ0n) is 14.6. The third-order valence-electron chi connectivity index (χ3n) is 3.34. The average molecular weight is 450 g/mol. The van der Waals surface area contributed by atoms with E-state index in [2.05, 4.69) is 0 Å². The number of rotatable bonds is 0. The monoisotopic (exact) mass is 450 g/mol. The van der Waals surface area contributed by atoms with E-state index >= 15 is 0 Å². The first-order valence-corrected chi connectivity index (χ1v) is 7.30. The van der Waals surface area contributed by atoms with Gasteiger partial charge in [0.25, 0.3) is 10.9 Å². The first-order valence-electron chi connectivity index (χ1n) is 7.30. The van der Waals surface area contributed by atoms with Crippen LogP contribution in [0.3, 0.4) is 0 Å². The lowest BCUT2D eigenvalue weighted by Crippen LogP contribution is -2.37. The summed E-state index contributed by atoms with van der Waals surface area (Å²) in [4.78, 5) is 79.0. The maximum absolute atomic E-state index is 9.91. The van der Waals surface area contributed by atoms with E-state index in [0.29, 0.717) is 0 Å². The molecule has 2 N–H and O–H groups in total. The molecule has 0 saturated carbocycles.